The molecule has 0 aliphatic carbocycles. The van der Waals surface area contributed by atoms with E-state index in [0.717, 1.165) is 16.5 Å². The molecule has 0 bridgehead atoms. The number of likely N-dealkylation sites (tertiary alicyclic amines) is 2. The minimum absolute atomic E-state index is 0.0234. The Morgan fingerprint density at radius 2 is 1.85 bits per heavy atom. The Morgan fingerprint density at radius 3 is 2.55 bits per heavy atom. The van der Waals surface area contributed by atoms with Gasteiger partial charge in [0.1, 0.15) is 30.3 Å². The summed E-state index contributed by atoms with van der Waals surface area (Å²) in [4.78, 5) is 18.8. The summed E-state index contributed by atoms with van der Waals surface area (Å²) in [6.45, 7) is 2.82. The van der Waals surface area contributed by atoms with E-state index in [-0.39, 0.29) is 38.5 Å². The summed E-state index contributed by atoms with van der Waals surface area (Å²) >= 11 is 0. The maximum atomic E-state index is 15.5. The quantitative estimate of drug-likeness (QED) is 0.520. The molecule has 4 heterocycles. The summed E-state index contributed by atoms with van der Waals surface area (Å²) in [5.74, 6) is -4.32. The van der Waals surface area contributed by atoms with Gasteiger partial charge in [-0.3, -0.25) is 4.90 Å². The van der Waals surface area contributed by atoms with Crippen LogP contribution < -0.4 is 5.32 Å². The smallest absolute Gasteiger partial charge is 0.433 e. The number of nitrogens with zero attached hydrogens (tertiary/aromatic N) is 3. The van der Waals surface area contributed by atoms with E-state index in [9.17, 15) is 18.0 Å². The zero-order valence-electron chi connectivity index (χ0n) is 22.0. The second-order valence-electron chi connectivity index (χ2n) is 10.8. The number of hydrogen-bond donors (Lipinski definition) is 1. The third-order valence-electron chi connectivity index (χ3n) is 7.30. The van der Waals surface area contributed by atoms with Crippen LogP contribution in [0, 0.1) is 0 Å². The SMILES string of the molecule is CC1(C)O[C@@H]2[C@@H](Nc3cccc(C(F)(F)F)n3)CN(C3CCN(C(=O)OCc4ccccc4)CC3(F)F)C[C@@H]2O1. The Bertz CT molecular complexity index is 1200. The van der Waals surface area contributed by atoms with Crippen molar-refractivity contribution in [2.45, 2.75) is 69.1 Å². The van der Waals surface area contributed by atoms with Crippen LogP contribution in [0.5, 0.6) is 0 Å². The molecule has 0 radical (unpaired) electrons. The van der Waals surface area contributed by atoms with Crippen LogP contribution in [0.1, 0.15) is 31.5 Å². The molecule has 0 saturated carbocycles. The highest BCUT2D eigenvalue weighted by molar-refractivity contribution is 5.68. The molecule has 3 saturated heterocycles. The number of carbonyl (C=O) groups is 1. The van der Waals surface area contributed by atoms with Crippen molar-refractivity contribution in [3.63, 3.8) is 0 Å². The Labute approximate surface area is 228 Å². The van der Waals surface area contributed by atoms with Crippen LogP contribution in [-0.2, 0) is 27.0 Å². The number of fused-ring (bicyclic) bond motifs is 1. The van der Waals surface area contributed by atoms with Crippen LogP contribution in [0.4, 0.5) is 32.6 Å². The van der Waals surface area contributed by atoms with Gasteiger partial charge in [0.15, 0.2) is 5.79 Å². The first-order valence-electron chi connectivity index (χ1n) is 13.0. The van der Waals surface area contributed by atoms with Gasteiger partial charge in [0, 0.05) is 19.6 Å². The number of anilines is 1. The van der Waals surface area contributed by atoms with Crippen molar-refractivity contribution in [1.82, 2.24) is 14.8 Å². The molecule has 1 N–H and O–H groups in total. The number of amides is 1. The lowest BCUT2D eigenvalue weighted by molar-refractivity contribution is -0.149. The normalized spacial score (nSPS) is 28.1. The molecule has 3 fully saturated rings. The molecular weight excluding hydrogens is 539 g/mol. The van der Waals surface area contributed by atoms with E-state index in [1.54, 1.807) is 43.0 Å². The second-order valence-corrected chi connectivity index (χ2v) is 10.8. The van der Waals surface area contributed by atoms with Gasteiger partial charge < -0.3 is 24.4 Å². The van der Waals surface area contributed by atoms with Gasteiger partial charge in [-0.2, -0.15) is 13.2 Å². The number of ether oxygens (including phenoxy) is 3. The lowest BCUT2D eigenvalue weighted by Crippen LogP contribution is -2.66. The van der Waals surface area contributed by atoms with Crippen molar-refractivity contribution in [2.24, 2.45) is 0 Å². The average Bonchev–Trinajstić information content (AvgIpc) is 3.21. The van der Waals surface area contributed by atoms with Gasteiger partial charge in [-0.05, 0) is 38.0 Å². The van der Waals surface area contributed by atoms with Crippen LogP contribution in [-0.4, -0.2) is 83.1 Å². The number of aromatic nitrogens is 1. The monoisotopic (exact) mass is 570 g/mol. The van der Waals surface area contributed by atoms with Gasteiger partial charge in [0.05, 0.1) is 18.6 Å². The molecular formula is C27H31F5N4O4. The van der Waals surface area contributed by atoms with Crippen molar-refractivity contribution < 1.29 is 41.0 Å². The molecule has 5 rings (SSSR count). The van der Waals surface area contributed by atoms with E-state index in [0.29, 0.717) is 0 Å². The molecule has 1 amide bonds. The van der Waals surface area contributed by atoms with E-state index < -0.39 is 60.5 Å². The summed E-state index contributed by atoms with van der Waals surface area (Å²) in [5, 5.41) is 2.97. The Morgan fingerprint density at radius 1 is 1.10 bits per heavy atom. The molecule has 218 valence electrons. The fourth-order valence-corrected chi connectivity index (χ4v) is 5.60. The number of alkyl halides is 5. The lowest BCUT2D eigenvalue weighted by Gasteiger charge is -2.48. The maximum absolute atomic E-state index is 15.5. The third-order valence-corrected chi connectivity index (χ3v) is 7.30. The molecule has 13 heteroatoms. The fraction of sp³-hybridized carbons (Fsp3) is 0.556. The molecule has 3 aliphatic heterocycles. The highest BCUT2D eigenvalue weighted by atomic mass is 19.4. The summed E-state index contributed by atoms with van der Waals surface area (Å²) in [6, 6.07) is 10.5. The van der Waals surface area contributed by atoms with E-state index >= 15 is 8.78 Å². The van der Waals surface area contributed by atoms with Gasteiger partial charge in [0.2, 0.25) is 0 Å². The average molecular weight is 571 g/mol. The third kappa shape index (κ3) is 6.31. The highest BCUT2D eigenvalue weighted by Gasteiger charge is 2.55. The van der Waals surface area contributed by atoms with E-state index in [1.165, 1.54) is 12.1 Å². The molecule has 1 unspecified atom stereocenters. The predicted molar refractivity (Wildman–Crippen MR) is 134 cm³/mol. The number of nitrogens with one attached hydrogen (secondary N) is 1. The minimum atomic E-state index is -4.63. The summed E-state index contributed by atoms with van der Waals surface area (Å²) in [6.07, 6.45) is -6.67. The van der Waals surface area contributed by atoms with Crippen molar-refractivity contribution in [3.8, 4) is 0 Å². The molecule has 1 aromatic carbocycles. The second kappa shape index (κ2) is 10.7. The number of carbonyl (C=O) groups excluding carboxylic acids is 1. The highest BCUT2D eigenvalue weighted by Crippen LogP contribution is 2.39. The fourth-order valence-electron chi connectivity index (χ4n) is 5.60. The maximum Gasteiger partial charge on any atom is 0.433 e. The number of hydrogen-bond acceptors (Lipinski definition) is 7. The number of halogens is 5. The molecule has 4 atom stereocenters. The zero-order valence-corrected chi connectivity index (χ0v) is 22.0. The van der Waals surface area contributed by atoms with E-state index in [2.05, 4.69) is 10.3 Å². The first-order chi connectivity index (χ1) is 18.8. The first kappa shape index (κ1) is 28.5. The predicted octanol–water partition coefficient (Wildman–Crippen LogP) is 4.76. The summed E-state index contributed by atoms with van der Waals surface area (Å²) in [7, 11) is 0. The first-order valence-corrected chi connectivity index (χ1v) is 13.0. The van der Waals surface area contributed by atoms with Crippen LogP contribution in [0.3, 0.4) is 0 Å². The topological polar surface area (TPSA) is 76.2 Å². The van der Waals surface area contributed by atoms with Crippen molar-refractivity contribution in [1.29, 1.82) is 0 Å². The number of pyridine rings is 1. The van der Waals surface area contributed by atoms with E-state index in [1.807, 2.05) is 6.07 Å². The Hall–Kier alpha value is -3.03. The van der Waals surface area contributed by atoms with Gasteiger partial charge in [-0.15, -0.1) is 0 Å². The molecule has 1 aromatic heterocycles. The van der Waals surface area contributed by atoms with Crippen LogP contribution in [0.15, 0.2) is 48.5 Å². The molecule has 3 aliphatic rings. The molecule has 8 nitrogen and oxygen atoms in total. The Balaban J connectivity index is 1.28. The van der Waals surface area contributed by atoms with Crippen molar-refractivity contribution >= 4 is 11.9 Å². The molecule has 40 heavy (non-hydrogen) atoms. The van der Waals surface area contributed by atoms with E-state index in [4.69, 9.17) is 14.2 Å². The summed E-state index contributed by atoms with van der Waals surface area (Å²) in [5.41, 5.74) is -0.320. The Kier molecular flexibility index (Phi) is 7.66. The largest absolute Gasteiger partial charge is 0.445 e. The number of benzene rings is 1. The van der Waals surface area contributed by atoms with Gasteiger partial charge in [-0.25, -0.2) is 18.6 Å². The van der Waals surface area contributed by atoms with Crippen molar-refractivity contribution in [2.75, 3.05) is 31.5 Å². The van der Waals surface area contributed by atoms with Crippen LogP contribution in [0.2, 0.25) is 0 Å². The van der Waals surface area contributed by atoms with Gasteiger partial charge in [0.25, 0.3) is 5.92 Å². The van der Waals surface area contributed by atoms with Crippen molar-refractivity contribution in [3.05, 3.63) is 59.8 Å². The molecule has 2 aromatic rings. The van der Waals surface area contributed by atoms with Gasteiger partial charge >= 0.3 is 12.3 Å². The van der Waals surface area contributed by atoms with Crippen LogP contribution >= 0.6 is 0 Å². The number of rotatable bonds is 5. The summed E-state index contributed by atoms with van der Waals surface area (Å²) < 4.78 is 88.0. The van der Waals surface area contributed by atoms with Gasteiger partial charge in [-0.1, -0.05) is 36.4 Å². The number of piperidine rings is 2. The standard InChI is InChI=1S/C27H31F5N4O4/c1-25(2)39-19-14-36(13-18(23(19)40-25)33-22-10-6-9-20(34-22)27(30,31)32)21-11-12-35(16-26(21,28)29)24(37)38-15-17-7-4-3-5-8-17/h3-10,18-19,21,23H,11-16H2,1-2H3,(H,33,34)/t18-,19-,21?,23+/m0/s1. The van der Waals surface area contributed by atoms with Crippen LogP contribution in [0.25, 0.3) is 0 Å². The molecule has 0 spiro atoms. The minimum Gasteiger partial charge on any atom is -0.445 e. The zero-order chi connectivity index (χ0) is 28.7. The lowest BCUT2D eigenvalue weighted by atomic mass is 9.92.